The Morgan fingerprint density at radius 1 is 1.88 bits per heavy atom. The van der Waals surface area contributed by atoms with E-state index in [1.54, 1.807) is 0 Å². The summed E-state index contributed by atoms with van der Waals surface area (Å²) in [6.07, 6.45) is 1.24. The smallest absolute Gasteiger partial charge is 0.191 e. The lowest BCUT2D eigenvalue weighted by Crippen LogP contribution is -1.68. The first kappa shape index (κ1) is 5.50. The normalized spacial score (nSPS) is 9.62. The lowest BCUT2D eigenvalue weighted by molar-refractivity contribution is 0.483. The molecule has 2 nitrogen and oxygen atoms in total. The zero-order valence-corrected chi connectivity index (χ0v) is 4.78. The molecule has 0 fully saturated rings. The third kappa shape index (κ3) is 0.949. The fourth-order valence-electron chi connectivity index (χ4n) is 0.362. The largest absolute Gasteiger partial charge is 0.498 e. The van der Waals surface area contributed by atoms with Crippen molar-refractivity contribution >= 4 is 11.3 Å². The van der Waals surface area contributed by atoms with E-state index >= 15 is 0 Å². The third-order valence-corrected chi connectivity index (χ3v) is 1.42. The SMILES string of the molecule is Oc1cnc(CF)s1. The molecule has 0 radical (unpaired) electrons. The van der Waals surface area contributed by atoms with Crippen molar-refractivity contribution in [1.29, 1.82) is 0 Å². The summed E-state index contributed by atoms with van der Waals surface area (Å²) in [6.45, 7) is -0.592. The van der Waals surface area contributed by atoms with Crippen LogP contribution in [-0.2, 0) is 6.67 Å². The van der Waals surface area contributed by atoms with Gasteiger partial charge in [0.2, 0.25) is 0 Å². The lowest BCUT2D eigenvalue weighted by atomic mass is 10.8. The van der Waals surface area contributed by atoms with Gasteiger partial charge in [-0.3, -0.25) is 0 Å². The van der Waals surface area contributed by atoms with E-state index in [4.69, 9.17) is 5.11 Å². The molecular formula is C4H4FNOS. The van der Waals surface area contributed by atoms with Crippen molar-refractivity contribution in [3.8, 4) is 5.06 Å². The second kappa shape index (κ2) is 2.09. The van der Waals surface area contributed by atoms with E-state index in [1.165, 1.54) is 6.20 Å². The number of rotatable bonds is 1. The topological polar surface area (TPSA) is 33.1 Å². The fourth-order valence-corrected chi connectivity index (χ4v) is 0.869. The van der Waals surface area contributed by atoms with Crippen LogP contribution in [0.3, 0.4) is 0 Å². The molecule has 0 saturated carbocycles. The highest BCUT2D eigenvalue weighted by atomic mass is 32.1. The number of hydrogen-bond donors (Lipinski definition) is 1. The molecule has 8 heavy (non-hydrogen) atoms. The molecule has 0 saturated heterocycles. The van der Waals surface area contributed by atoms with E-state index in [0.29, 0.717) is 5.01 Å². The Balaban J connectivity index is 2.84. The highest BCUT2D eigenvalue weighted by Crippen LogP contribution is 2.19. The van der Waals surface area contributed by atoms with Crippen LogP contribution in [0.4, 0.5) is 4.39 Å². The molecule has 1 aromatic rings. The molecule has 1 heterocycles. The van der Waals surface area contributed by atoms with Crippen LogP contribution in [-0.4, -0.2) is 10.1 Å². The van der Waals surface area contributed by atoms with Crippen molar-refractivity contribution in [1.82, 2.24) is 4.98 Å². The Kier molecular flexibility index (Phi) is 1.43. The summed E-state index contributed by atoms with van der Waals surface area (Å²) in [5.41, 5.74) is 0. The van der Waals surface area contributed by atoms with Crippen LogP contribution in [0.1, 0.15) is 5.01 Å². The quantitative estimate of drug-likeness (QED) is 0.626. The van der Waals surface area contributed by atoms with E-state index in [9.17, 15) is 4.39 Å². The fraction of sp³-hybridized carbons (Fsp3) is 0.250. The average molecular weight is 133 g/mol. The number of hydrogen-bond acceptors (Lipinski definition) is 3. The first-order valence-electron chi connectivity index (χ1n) is 2.02. The second-order valence-electron chi connectivity index (χ2n) is 1.23. The maximum absolute atomic E-state index is 11.6. The van der Waals surface area contributed by atoms with Crippen LogP contribution in [0.15, 0.2) is 6.20 Å². The second-order valence-corrected chi connectivity index (χ2v) is 2.32. The van der Waals surface area contributed by atoms with Crippen LogP contribution in [0, 0.1) is 0 Å². The molecule has 0 aromatic carbocycles. The van der Waals surface area contributed by atoms with Crippen molar-refractivity contribution < 1.29 is 9.50 Å². The summed E-state index contributed by atoms with van der Waals surface area (Å²) in [4.78, 5) is 3.53. The van der Waals surface area contributed by atoms with Gasteiger partial charge in [-0.05, 0) is 0 Å². The highest BCUT2D eigenvalue weighted by molar-refractivity contribution is 7.13. The van der Waals surface area contributed by atoms with Gasteiger partial charge in [-0.25, -0.2) is 9.37 Å². The van der Waals surface area contributed by atoms with E-state index in [0.717, 1.165) is 11.3 Å². The van der Waals surface area contributed by atoms with Gasteiger partial charge >= 0.3 is 0 Å². The Bertz CT molecular complexity index is 176. The molecule has 0 unspecified atom stereocenters. The van der Waals surface area contributed by atoms with Crippen LogP contribution in [0.2, 0.25) is 0 Å². The molecular weight excluding hydrogens is 129 g/mol. The van der Waals surface area contributed by atoms with Gasteiger partial charge in [0.1, 0.15) is 11.7 Å². The van der Waals surface area contributed by atoms with E-state index in [1.807, 2.05) is 0 Å². The van der Waals surface area contributed by atoms with Crippen LogP contribution >= 0.6 is 11.3 Å². The van der Waals surface area contributed by atoms with Gasteiger partial charge in [-0.1, -0.05) is 11.3 Å². The predicted octanol–water partition coefficient (Wildman–Crippen LogP) is 1.32. The molecule has 0 spiro atoms. The van der Waals surface area contributed by atoms with Crippen molar-refractivity contribution in [3.63, 3.8) is 0 Å². The van der Waals surface area contributed by atoms with Crippen LogP contribution < -0.4 is 0 Å². The molecule has 44 valence electrons. The maximum atomic E-state index is 11.6. The van der Waals surface area contributed by atoms with Gasteiger partial charge in [-0.2, -0.15) is 0 Å². The number of nitrogens with zero attached hydrogens (tertiary/aromatic N) is 1. The first-order chi connectivity index (χ1) is 3.83. The number of alkyl halides is 1. The standard InChI is InChI=1S/C4H4FNOS/c5-1-3-6-2-4(7)8-3/h2,7H,1H2. The van der Waals surface area contributed by atoms with Crippen molar-refractivity contribution in [2.45, 2.75) is 6.67 Å². The summed E-state index contributed by atoms with van der Waals surface area (Å²) in [6, 6.07) is 0. The predicted molar refractivity (Wildman–Crippen MR) is 28.6 cm³/mol. The molecule has 1 N–H and O–H groups in total. The molecule has 0 bridgehead atoms. The molecule has 0 aliphatic heterocycles. The van der Waals surface area contributed by atoms with E-state index in [-0.39, 0.29) is 5.06 Å². The van der Waals surface area contributed by atoms with Gasteiger partial charge in [0.25, 0.3) is 0 Å². The Hall–Kier alpha value is -0.640. The Labute approximate surface area is 49.6 Å². The van der Waals surface area contributed by atoms with E-state index < -0.39 is 6.67 Å². The molecule has 0 aliphatic rings. The number of thiazole rings is 1. The third-order valence-electron chi connectivity index (χ3n) is 0.656. The molecule has 0 atom stereocenters. The molecule has 0 amide bonds. The molecule has 4 heteroatoms. The minimum atomic E-state index is -0.592. The van der Waals surface area contributed by atoms with Gasteiger partial charge in [0, 0.05) is 0 Å². The highest BCUT2D eigenvalue weighted by Gasteiger charge is 1.96. The summed E-state index contributed by atoms with van der Waals surface area (Å²) >= 11 is 0.957. The van der Waals surface area contributed by atoms with Crippen molar-refractivity contribution in [3.05, 3.63) is 11.2 Å². The average Bonchev–Trinajstić information content (AvgIpc) is 2.14. The number of halogens is 1. The zero-order valence-electron chi connectivity index (χ0n) is 3.97. The Morgan fingerprint density at radius 2 is 2.62 bits per heavy atom. The van der Waals surface area contributed by atoms with Gasteiger partial charge in [0.05, 0.1) is 6.20 Å². The minimum absolute atomic E-state index is 0.0673. The molecule has 1 aromatic heterocycles. The summed E-state index contributed by atoms with van der Waals surface area (Å²) in [7, 11) is 0. The monoisotopic (exact) mass is 133 g/mol. The number of aromatic hydroxyl groups is 1. The van der Waals surface area contributed by atoms with Crippen molar-refractivity contribution in [2.75, 3.05) is 0 Å². The van der Waals surface area contributed by atoms with Gasteiger partial charge in [-0.15, -0.1) is 0 Å². The van der Waals surface area contributed by atoms with Gasteiger partial charge < -0.3 is 5.11 Å². The maximum Gasteiger partial charge on any atom is 0.191 e. The van der Waals surface area contributed by atoms with Crippen molar-refractivity contribution in [2.24, 2.45) is 0 Å². The molecule has 0 aliphatic carbocycles. The van der Waals surface area contributed by atoms with Gasteiger partial charge in [0.15, 0.2) is 5.06 Å². The lowest BCUT2D eigenvalue weighted by Gasteiger charge is -1.75. The zero-order chi connectivity index (χ0) is 5.98. The van der Waals surface area contributed by atoms with Crippen LogP contribution in [0.25, 0.3) is 0 Å². The summed E-state index contributed by atoms with van der Waals surface area (Å²) in [5.74, 6) is 0. The molecule has 1 rings (SSSR count). The van der Waals surface area contributed by atoms with E-state index in [2.05, 4.69) is 4.98 Å². The minimum Gasteiger partial charge on any atom is -0.498 e. The first-order valence-corrected chi connectivity index (χ1v) is 2.84. The Morgan fingerprint density at radius 3 is 2.88 bits per heavy atom. The summed E-state index contributed by atoms with van der Waals surface area (Å²) in [5, 5.41) is 8.96. The van der Waals surface area contributed by atoms with Crippen LogP contribution in [0.5, 0.6) is 5.06 Å². The number of aromatic nitrogens is 1. The summed E-state index contributed by atoms with van der Waals surface area (Å²) < 4.78 is 11.6.